The van der Waals surface area contributed by atoms with Crippen LogP contribution in [0.5, 0.6) is 0 Å². The molecule has 1 unspecified atom stereocenters. The minimum absolute atomic E-state index is 0.120. The van der Waals surface area contributed by atoms with Crippen molar-refractivity contribution in [3.05, 3.63) is 59.0 Å². The number of aryl methyl sites for hydroxylation is 1. The van der Waals surface area contributed by atoms with Gasteiger partial charge in [0, 0.05) is 18.8 Å². The molecule has 2 aromatic heterocycles. The van der Waals surface area contributed by atoms with Crippen molar-refractivity contribution >= 4 is 29.1 Å². The first-order valence-corrected chi connectivity index (χ1v) is 7.95. The van der Waals surface area contributed by atoms with Crippen LogP contribution in [0.4, 0.5) is 26.2 Å². The minimum Gasteiger partial charge on any atom is -0.394 e. The van der Waals surface area contributed by atoms with Gasteiger partial charge in [-0.15, -0.1) is 0 Å². The van der Waals surface area contributed by atoms with Crippen LogP contribution in [0.3, 0.4) is 0 Å². The summed E-state index contributed by atoms with van der Waals surface area (Å²) in [6.45, 7) is -0.566. The van der Waals surface area contributed by atoms with Gasteiger partial charge in [0.25, 0.3) is 0 Å². The van der Waals surface area contributed by atoms with E-state index >= 15 is 0 Å². The average molecular weight is 381 g/mol. The van der Waals surface area contributed by atoms with Gasteiger partial charge in [0.15, 0.2) is 5.82 Å². The summed E-state index contributed by atoms with van der Waals surface area (Å²) in [6.07, 6.45) is 4.63. The molecule has 0 amide bonds. The maximum atomic E-state index is 14.0. The average Bonchev–Trinajstić information content (AvgIpc) is 3.01. The van der Waals surface area contributed by atoms with Gasteiger partial charge in [-0.2, -0.15) is 10.1 Å². The van der Waals surface area contributed by atoms with Gasteiger partial charge < -0.3 is 15.7 Å². The highest BCUT2D eigenvalue weighted by molar-refractivity contribution is 6.32. The number of aliphatic hydroxyl groups excluding tert-OH is 1. The molecule has 1 atom stereocenters. The number of aromatic nitrogens is 4. The summed E-state index contributed by atoms with van der Waals surface area (Å²) < 4.78 is 29.6. The number of rotatable bonds is 6. The summed E-state index contributed by atoms with van der Waals surface area (Å²) >= 11 is 6.07. The quantitative estimate of drug-likeness (QED) is 0.609. The fourth-order valence-corrected chi connectivity index (χ4v) is 2.51. The van der Waals surface area contributed by atoms with E-state index < -0.39 is 24.3 Å². The van der Waals surface area contributed by atoms with Gasteiger partial charge in [-0.3, -0.25) is 4.68 Å². The topological polar surface area (TPSA) is 87.9 Å². The molecule has 0 bridgehead atoms. The Morgan fingerprint density at radius 3 is 2.62 bits per heavy atom. The zero-order chi connectivity index (χ0) is 18.7. The summed E-state index contributed by atoms with van der Waals surface area (Å²) in [5.41, 5.74) is 0.353. The van der Waals surface area contributed by atoms with Gasteiger partial charge in [0.1, 0.15) is 16.7 Å². The van der Waals surface area contributed by atoms with Crippen molar-refractivity contribution in [2.45, 2.75) is 6.04 Å². The summed E-state index contributed by atoms with van der Waals surface area (Å²) in [6, 6.07) is 2.39. The van der Waals surface area contributed by atoms with Gasteiger partial charge in [0.2, 0.25) is 5.95 Å². The number of hydrogen-bond acceptors (Lipinski definition) is 6. The van der Waals surface area contributed by atoms with Crippen LogP contribution in [-0.4, -0.2) is 31.5 Å². The summed E-state index contributed by atoms with van der Waals surface area (Å²) in [7, 11) is 1.76. The molecule has 136 valence electrons. The van der Waals surface area contributed by atoms with Crippen LogP contribution in [0.2, 0.25) is 5.02 Å². The fourth-order valence-electron chi connectivity index (χ4n) is 2.36. The first-order valence-electron chi connectivity index (χ1n) is 7.57. The molecule has 10 heteroatoms. The predicted octanol–water partition coefficient (Wildman–Crippen LogP) is 3.03. The van der Waals surface area contributed by atoms with Crippen molar-refractivity contribution in [1.29, 1.82) is 0 Å². The highest BCUT2D eigenvalue weighted by Gasteiger charge is 2.21. The molecule has 2 heterocycles. The normalized spacial score (nSPS) is 12.0. The molecule has 3 aromatic rings. The predicted molar refractivity (Wildman–Crippen MR) is 93.3 cm³/mol. The van der Waals surface area contributed by atoms with Crippen molar-refractivity contribution in [2.75, 3.05) is 17.2 Å². The molecule has 0 saturated carbocycles. The molecular formula is C16H15ClF2N6O. The Bertz CT molecular complexity index is 899. The van der Waals surface area contributed by atoms with Crippen molar-refractivity contribution in [3.63, 3.8) is 0 Å². The van der Waals surface area contributed by atoms with E-state index in [1.165, 1.54) is 12.3 Å². The molecule has 0 saturated heterocycles. The van der Waals surface area contributed by atoms with Crippen molar-refractivity contribution in [2.24, 2.45) is 7.05 Å². The zero-order valence-corrected chi connectivity index (χ0v) is 14.4. The Hall–Kier alpha value is -2.78. The Kier molecular flexibility index (Phi) is 5.29. The smallest absolute Gasteiger partial charge is 0.229 e. The van der Waals surface area contributed by atoms with Gasteiger partial charge >= 0.3 is 0 Å². The lowest BCUT2D eigenvalue weighted by Gasteiger charge is -2.19. The lowest BCUT2D eigenvalue weighted by molar-refractivity contribution is 0.270. The van der Waals surface area contributed by atoms with Gasteiger partial charge in [-0.1, -0.05) is 17.7 Å². The molecule has 0 aliphatic rings. The maximum absolute atomic E-state index is 14.0. The highest BCUT2D eigenvalue weighted by atomic mass is 35.5. The van der Waals surface area contributed by atoms with Gasteiger partial charge in [0.05, 0.1) is 30.7 Å². The largest absolute Gasteiger partial charge is 0.394 e. The van der Waals surface area contributed by atoms with Crippen LogP contribution in [0.25, 0.3) is 0 Å². The number of benzene rings is 1. The zero-order valence-electron chi connectivity index (χ0n) is 13.6. The first-order chi connectivity index (χ1) is 12.5. The molecule has 26 heavy (non-hydrogen) atoms. The summed E-state index contributed by atoms with van der Waals surface area (Å²) in [5.74, 6) is -1.24. The number of halogens is 3. The standard InChI is InChI=1S/C16H15ClF2N6O/c1-25-7-9(5-21-25)22-16-20-6-10(17)15(24-16)23-13(8-26)14-11(18)3-2-4-12(14)19/h2-7,13,26H,8H2,1H3,(H2,20,22,23,24). The van der Waals surface area contributed by atoms with Crippen LogP contribution < -0.4 is 10.6 Å². The monoisotopic (exact) mass is 380 g/mol. The van der Waals surface area contributed by atoms with Crippen LogP contribution in [0.1, 0.15) is 11.6 Å². The number of hydrogen-bond donors (Lipinski definition) is 3. The van der Waals surface area contributed by atoms with E-state index in [1.54, 1.807) is 24.1 Å². The molecule has 0 radical (unpaired) electrons. The molecule has 7 nitrogen and oxygen atoms in total. The molecule has 3 rings (SSSR count). The Morgan fingerprint density at radius 2 is 2.00 bits per heavy atom. The van der Waals surface area contributed by atoms with Crippen LogP contribution in [0, 0.1) is 11.6 Å². The molecule has 0 fully saturated rings. The van der Waals surface area contributed by atoms with Crippen molar-refractivity contribution in [1.82, 2.24) is 19.7 Å². The molecule has 3 N–H and O–H groups in total. The third-order valence-corrected chi connectivity index (χ3v) is 3.82. The minimum atomic E-state index is -1.07. The van der Waals surface area contributed by atoms with Crippen LogP contribution in [0.15, 0.2) is 36.8 Å². The van der Waals surface area contributed by atoms with E-state index in [9.17, 15) is 13.9 Å². The van der Waals surface area contributed by atoms with E-state index in [1.807, 2.05) is 0 Å². The summed E-state index contributed by atoms with van der Waals surface area (Å²) in [4.78, 5) is 8.23. The SMILES string of the molecule is Cn1cc(Nc2ncc(Cl)c(NC(CO)c3c(F)cccc3F)n2)cn1. The number of aliphatic hydroxyl groups is 1. The van der Waals surface area contributed by atoms with E-state index in [2.05, 4.69) is 25.7 Å². The van der Waals surface area contributed by atoms with Crippen LogP contribution in [-0.2, 0) is 7.05 Å². The van der Waals surface area contributed by atoms with Gasteiger partial charge in [-0.25, -0.2) is 13.8 Å². The third-order valence-electron chi connectivity index (χ3n) is 3.55. The van der Waals surface area contributed by atoms with E-state index in [0.717, 1.165) is 12.1 Å². The van der Waals surface area contributed by atoms with E-state index in [4.69, 9.17) is 11.6 Å². The van der Waals surface area contributed by atoms with Crippen LogP contribution >= 0.6 is 11.6 Å². The highest BCUT2D eigenvalue weighted by Crippen LogP contribution is 2.28. The summed E-state index contributed by atoms with van der Waals surface area (Å²) in [5, 5.41) is 19.4. The Labute approximate surface area is 152 Å². The number of anilines is 3. The fraction of sp³-hybridized carbons (Fsp3) is 0.188. The Morgan fingerprint density at radius 1 is 1.27 bits per heavy atom. The number of nitrogens with zero attached hydrogens (tertiary/aromatic N) is 4. The lowest BCUT2D eigenvalue weighted by atomic mass is 10.1. The van der Waals surface area contributed by atoms with Crippen molar-refractivity contribution in [3.8, 4) is 0 Å². The second-order valence-corrected chi connectivity index (χ2v) is 5.84. The first kappa shape index (κ1) is 18.0. The number of nitrogens with one attached hydrogen (secondary N) is 2. The van der Waals surface area contributed by atoms with E-state index in [-0.39, 0.29) is 22.4 Å². The molecule has 0 aliphatic heterocycles. The second-order valence-electron chi connectivity index (χ2n) is 5.43. The molecule has 1 aromatic carbocycles. The second kappa shape index (κ2) is 7.63. The lowest BCUT2D eigenvalue weighted by Crippen LogP contribution is -2.19. The van der Waals surface area contributed by atoms with Gasteiger partial charge in [-0.05, 0) is 12.1 Å². The molecular weight excluding hydrogens is 366 g/mol. The third kappa shape index (κ3) is 3.89. The Balaban J connectivity index is 1.87. The molecule has 0 spiro atoms. The van der Waals surface area contributed by atoms with Crippen molar-refractivity contribution < 1.29 is 13.9 Å². The maximum Gasteiger partial charge on any atom is 0.229 e. The molecule has 0 aliphatic carbocycles. The van der Waals surface area contributed by atoms with E-state index in [0.29, 0.717) is 5.69 Å².